The molecule has 0 aromatic heterocycles. The Kier molecular flexibility index (Phi) is 7.27. The van der Waals surface area contributed by atoms with Crippen molar-refractivity contribution in [2.75, 3.05) is 22.6 Å². The van der Waals surface area contributed by atoms with Crippen molar-refractivity contribution in [1.82, 2.24) is 0 Å². The maximum atomic E-state index is 13.6. The fourth-order valence-corrected chi connectivity index (χ4v) is 2.46. The molecule has 0 aliphatic heterocycles. The van der Waals surface area contributed by atoms with E-state index in [9.17, 15) is 23.6 Å². The lowest BCUT2D eigenvalue weighted by molar-refractivity contribution is -0.119. The lowest BCUT2D eigenvalue weighted by Gasteiger charge is -2.11. The van der Waals surface area contributed by atoms with Crippen LogP contribution in [-0.2, 0) is 19.1 Å². The number of benzene rings is 2. The van der Waals surface area contributed by atoms with Gasteiger partial charge in [-0.2, -0.15) is 0 Å². The van der Waals surface area contributed by atoms with Crippen LogP contribution in [0.15, 0.2) is 36.4 Å². The maximum Gasteiger partial charge on any atom is 0.338 e. The third kappa shape index (κ3) is 6.89. The first-order valence-electron chi connectivity index (χ1n) is 8.26. The molecule has 2 aromatic carbocycles. The van der Waals surface area contributed by atoms with Crippen LogP contribution in [0.5, 0.6) is 0 Å². The maximum absolute atomic E-state index is 13.6. The SMILES string of the molecule is CC(=O)Nc1cc(NC(C)=O)cc(C(=O)OCC(=O)Nc2cc(Cl)ccc2F)c1. The summed E-state index contributed by atoms with van der Waals surface area (Å²) in [7, 11) is 0. The minimum Gasteiger partial charge on any atom is -0.452 e. The van der Waals surface area contributed by atoms with Gasteiger partial charge in [0.25, 0.3) is 5.91 Å². The molecule has 0 fully saturated rings. The van der Waals surface area contributed by atoms with Crippen molar-refractivity contribution >= 4 is 52.4 Å². The zero-order valence-corrected chi connectivity index (χ0v) is 16.2. The van der Waals surface area contributed by atoms with Gasteiger partial charge in [0.15, 0.2) is 6.61 Å². The zero-order chi connectivity index (χ0) is 21.6. The highest BCUT2D eigenvalue weighted by Gasteiger charge is 2.15. The summed E-state index contributed by atoms with van der Waals surface area (Å²) in [6, 6.07) is 7.72. The second kappa shape index (κ2) is 9.65. The molecule has 8 nitrogen and oxygen atoms in total. The van der Waals surface area contributed by atoms with E-state index in [1.807, 2.05) is 0 Å². The smallest absolute Gasteiger partial charge is 0.338 e. The predicted molar refractivity (Wildman–Crippen MR) is 105 cm³/mol. The molecular weight excluding hydrogens is 405 g/mol. The first kappa shape index (κ1) is 21.8. The number of rotatable bonds is 6. The molecule has 3 N–H and O–H groups in total. The molecule has 10 heteroatoms. The lowest BCUT2D eigenvalue weighted by Crippen LogP contribution is -2.21. The molecule has 0 saturated carbocycles. The second-order valence-corrected chi connectivity index (χ2v) is 6.35. The van der Waals surface area contributed by atoms with E-state index < -0.39 is 24.3 Å². The highest BCUT2D eigenvalue weighted by molar-refractivity contribution is 6.30. The van der Waals surface area contributed by atoms with E-state index in [1.165, 1.54) is 44.2 Å². The molecule has 0 heterocycles. The van der Waals surface area contributed by atoms with E-state index in [0.717, 1.165) is 6.07 Å². The van der Waals surface area contributed by atoms with E-state index in [0.29, 0.717) is 0 Å². The quantitative estimate of drug-likeness (QED) is 0.620. The summed E-state index contributed by atoms with van der Waals surface area (Å²) in [6.07, 6.45) is 0. The number of anilines is 3. The van der Waals surface area contributed by atoms with Crippen molar-refractivity contribution in [2.45, 2.75) is 13.8 Å². The van der Waals surface area contributed by atoms with E-state index >= 15 is 0 Å². The van der Waals surface area contributed by atoms with Crippen LogP contribution in [0.25, 0.3) is 0 Å². The molecule has 29 heavy (non-hydrogen) atoms. The van der Waals surface area contributed by atoms with Crippen LogP contribution in [0.2, 0.25) is 5.02 Å². The molecule has 2 aromatic rings. The number of carbonyl (C=O) groups excluding carboxylic acids is 4. The molecule has 0 radical (unpaired) electrons. The standard InChI is InChI=1S/C19H17ClFN3O5/c1-10(25)22-14-5-12(6-15(8-14)23-11(2)26)19(28)29-9-18(27)24-17-7-13(20)3-4-16(17)21/h3-8H,9H2,1-2H3,(H,22,25)(H,23,26)(H,24,27). The fourth-order valence-electron chi connectivity index (χ4n) is 2.29. The molecule has 0 spiro atoms. The largest absolute Gasteiger partial charge is 0.452 e. The molecule has 0 aliphatic carbocycles. The normalized spacial score (nSPS) is 10.1. The Morgan fingerprint density at radius 2 is 1.52 bits per heavy atom. The van der Waals surface area contributed by atoms with Gasteiger partial charge in [0.1, 0.15) is 5.82 Å². The molecule has 0 aliphatic rings. The summed E-state index contributed by atoms with van der Waals surface area (Å²) in [5.41, 5.74) is 0.336. The Labute approximate surface area is 170 Å². The van der Waals surface area contributed by atoms with Crippen molar-refractivity contribution in [2.24, 2.45) is 0 Å². The first-order chi connectivity index (χ1) is 13.6. The molecule has 0 unspecified atom stereocenters. The van der Waals surface area contributed by atoms with Gasteiger partial charge in [-0.05, 0) is 36.4 Å². The highest BCUT2D eigenvalue weighted by Crippen LogP contribution is 2.21. The van der Waals surface area contributed by atoms with Gasteiger partial charge in [-0.3, -0.25) is 14.4 Å². The Balaban J connectivity index is 2.08. The van der Waals surface area contributed by atoms with Crippen molar-refractivity contribution in [1.29, 1.82) is 0 Å². The first-order valence-corrected chi connectivity index (χ1v) is 8.64. The van der Waals surface area contributed by atoms with Crippen LogP contribution >= 0.6 is 11.6 Å². The van der Waals surface area contributed by atoms with Crippen LogP contribution in [-0.4, -0.2) is 30.3 Å². The van der Waals surface area contributed by atoms with E-state index in [-0.39, 0.29) is 39.5 Å². The van der Waals surface area contributed by atoms with E-state index in [1.54, 1.807) is 0 Å². The monoisotopic (exact) mass is 421 g/mol. The van der Waals surface area contributed by atoms with Crippen molar-refractivity contribution in [3.05, 3.63) is 52.8 Å². The summed E-state index contributed by atoms with van der Waals surface area (Å²) in [4.78, 5) is 46.7. The molecule has 152 valence electrons. The van der Waals surface area contributed by atoms with Gasteiger partial charge in [0.05, 0.1) is 11.3 Å². The third-order valence-corrected chi connectivity index (χ3v) is 3.58. The molecule has 0 saturated heterocycles. The topological polar surface area (TPSA) is 114 Å². The summed E-state index contributed by atoms with van der Waals surface area (Å²) >= 11 is 5.75. The van der Waals surface area contributed by atoms with Gasteiger partial charge in [-0.15, -0.1) is 0 Å². The second-order valence-electron chi connectivity index (χ2n) is 5.91. The van der Waals surface area contributed by atoms with Crippen LogP contribution in [0, 0.1) is 5.82 Å². The van der Waals surface area contributed by atoms with Crippen molar-refractivity contribution in [3.8, 4) is 0 Å². The Bertz CT molecular complexity index is 946. The summed E-state index contributed by atoms with van der Waals surface area (Å²) in [6.45, 7) is 1.87. The van der Waals surface area contributed by atoms with E-state index in [4.69, 9.17) is 16.3 Å². The molecule has 0 atom stereocenters. The number of carbonyl (C=O) groups is 4. The van der Waals surface area contributed by atoms with Gasteiger partial charge < -0.3 is 20.7 Å². The lowest BCUT2D eigenvalue weighted by atomic mass is 10.1. The van der Waals surface area contributed by atoms with E-state index in [2.05, 4.69) is 16.0 Å². The third-order valence-electron chi connectivity index (χ3n) is 3.35. The van der Waals surface area contributed by atoms with Crippen molar-refractivity contribution in [3.63, 3.8) is 0 Å². The summed E-state index contributed by atoms with van der Waals surface area (Å²) < 4.78 is 18.6. The number of amides is 3. The average molecular weight is 422 g/mol. The molecule has 3 amide bonds. The summed E-state index contributed by atoms with van der Waals surface area (Å²) in [5, 5.41) is 7.45. The number of ether oxygens (including phenoxy) is 1. The minimum atomic E-state index is -0.884. The number of nitrogens with one attached hydrogen (secondary N) is 3. The molecule has 2 rings (SSSR count). The Morgan fingerprint density at radius 1 is 0.931 bits per heavy atom. The number of hydrogen-bond acceptors (Lipinski definition) is 5. The number of halogens is 2. The number of hydrogen-bond donors (Lipinski definition) is 3. The Morgan fingerprint density at radius 3 is 2.07 bits per heavy atom. The fraction of sp³-hybridized carbons (Fsp3) is 0.158. The molecule has 0 bridgehead atoms. The van der Waals surface area contributed by atoms with Gasteiger partial charge in [-0.1, -0.05) is 11.6 Å². The van der Waals surface area contributed by atoms with Crippen LogP contribution < -0.4 is 16.0 Å². The predicted octanol–water partition coefficient (Wildman–Crippen LogP) is 3.19. The average Bonchev–Trinajstić information content (AvgIpc) is 2.61. The van der Waals surface area contributed by atoms with Crippen molar-refractivity contribution < 1.29 is 28.3 Å². The van der Waals surface area contributed by atoms with Gasteiger partial charge >= 0.3 is 5.97 Å². The van der Waals surface area contributed by atoms with Gasteiger partial charge in [0, 0.05) is 30.2 Å². The highest BCUT2D eigenvalue weighted by atomic mass is 35.5. The van der Waals surface area contributed by atoms with Crippen LogP contribution in [0.1, 0.15) is 24.2 Å². The Hall–Kier alpha value is -3.46. The van der Waals surface area contributed by atoms with Gasteiger partial charge in [0.2, 0.25) is 11.8 Å². The minimum absolute atomic E-state index is 0.0123. The van der Waals surface area contributed by atoms with Crippen LogP contribution in [0.4, 0.5) is 21.5 Å². The molecular formula is C19H17ClFN3O5. The zero-order valence-electron chi connectivity index (χ0n) is 15.5. The van der Waals surface area contributed by atoms with Gasteiger partial charge in [-0.25, -0.2) is 9.18 Å². The van der Waals surface area contributed by atoms with Crippen LogP contribution in [0.3, 0.4) is 0 Å². The summed E-state index contributed by atoms with van der Waals surface area (Å²) in [5.74, 6) is -3.12. The number of esters is 1.